The summed E-state index contributed by atoms with van der Waals surface area (Å²) in [6, 6.07) is 4.29. The Kier molecular flexibility index (Phi) is 4.43. The average Bonchev–Trinajstić information content (AvgIpc) is 3.47. The van der Waals surface area contributed by atoms with Crippen molar-refractivity contribution in [2.24, 2.45) is 5.92 Å². The van der Waals surface area contributed by atoms with E-state index in [1.54, 1.807) is 6.07 Å². The van der Waals surface area contributed by atoms with Gasteiger partial charge in [0, 0.05) is 24.2 Å². The highest BCUT2D eigenvalue weighted by atomic mass is 16.5. The third kappa shape index (κ3) is 2.52. The van der Waals surface area contributed by atoms with Gasteiger partial charge in [0.05, 0.1) is 11.0 Å². The molecule has 1 aromatic rings. The van der Waals surface area contributed by atoms with Gasteiger partial charge in [-0.15, -0.1) is 0 Å². The first kappa shape index (κ1) is 19.4. The summed E-state index contributed by atoms with van der Waals surface area (Å²) >= 11 is 0. The van der Waals surface area contributed by atoms with Gasteiger partial charge in [-0.05, 0) is 75.6 Å². The SMILES string of the molecule is CCCCCNC1CC[C@@]2(O)[C@H]3Cc4ccc(O)c5c4[C@@]2(CCN3CC2CC2)C1O5. The number of likely N-dealkylation sites (tertiary alicyclic amines) is 1. The van der Waals surface area contributed by atoms with E-state index >= 15 is 0 Å². The smallest absolute Gasteiger partial charge is 0.165 e. The molecule has 0 radical (unpaired) electrons. The molecular formula is C25H36N2O3. The molecule has 2 heterocycles. The summed E-state index contributed by atoms with van der Waals surface area (Å²) in [5.74, 6) is 1.72. The Labute approximate surface area is 179 Å². The van der Waals surface area contributed by atoms with Gasteiger partial charge in [-0.3, -0.25) is 4.90 Å². The summed E-state index contributed by atoms with van der Waals surface area (Å²) in [5.41, 5.74) is 1.27. The van der Waals surface area contributed by atoms with Gasteiger partial charge in [-0.1, -0.05) is 25.8 Å². The summed E-state index contributed by atoms with van der Waals surface area (Å²) < 4.78 is 6.58. The van der Waals surface area contributed by atoms with Crippen LogP contribution in [0, 0.1) is 5.92 Å². The molecule has 30 heavy (non-hydrogen) atoms. The van der Waals surface area contributed by atoms with Gasteiger partial charge in [0.15, 0.2) is 11.5 Å². The first-order valence-corrected chi connectivity index (χ1v) is 12.3. The number of rotatable bonds is 7. The van der Waals surface area contributed by atoms with Crippen LogP contribution in [0.25, 0.3) is 0 Å². The maximum Gasteiger partial charge on any atom is 0.165 e. The van der Waals surface area contributed by atoms with E-state index in [4.69, 9.17) is 4.74 Å². The minimum absolute atomic E-state index is 0.0919. The molecular weight excluding hydrogens is 376 g/mol. The number of unbranched alkanes of at least 4 members (excludes halogenated alkanes) is 2. The van der Waals surface area contributed by atoms with Gasteiger partial charge in [0.1, 0.15) is 6.10 Å². The Balaban J connectivity index is 1.40. The van der Waals surface area contributed by atoms with Crippen molar-refractivity contribution in [1.82, 2.24) is 10.2 Å². The second kappa shape index (κ2) is 6.85. The molecule has 5 heteroatoms. The first-order chi connectivity index (χ1) is 14.6. The lowest BCUT2D eigenvalue weighted by molar-refractivity contribution is -0.191. The fourth-order valence-electron chi connectivity index (χ4n) is 7.35. The van der Waals surface area contributed by atoms with Gasteiger partial charge in [-0.25, -0.2) is 0 Å². The Morgan fingerprint density at radius 1 is 1.20 bits per heavy atom. The molecule has 2 unspecified atom stereocenters. The molecule has 2 bridgehead atoms. The third-order valence-corrected chi connectivity index (χ3v) is 8.95. The second-order valence-electron chi connectivity index (χ2n) is 10.6. The van der Waals surface area contributed by atoms with Crippen LogP contribution in [0.4, 0.5) is 0 Å². The van der Waals surface area contributed by atoms with Crippen LogP contribution in [0.5, 0.6) is 11.5 Å². The summed E-state index contributed by atoms with van der Waals surface area (Å²) in [4.78, 5) is 2.60. The van der Waals surface area contributed by atoms with Crippen LogP contribution in [-0.2, 0) is 11.8 Å². The minimum Gasteiger partial charge on any atom is -0.504 e. The van der Waals surface area contributed by atoms with Crippen LogP contribution in [0.2, 0.25) is 0 Å². The van der Waals surface area contributed by atoms with Crippen molar-refractivity contribution in [2.45, 2.75) is 93.9 Å². The molecule has 0 aromatic heterocycles. The number of aromatic hydroxyl groups is 1. The quantitative estimate of drug-likeness (QED) is 0.601. The first-order valence-electron chi connectivity index (χ1n) is 12.3. The molecule has 3 aliphatic carbocycles. The summed E-state index contributed by atoms with van der Waals surface area (Å²) in [5, 5.41) is 26.9. The molecule has 0 amide bonds. The summed E-state index contributed by atoms with van der Waals surface area (Å²) in [7, 11) is 0. The lowest BCUT2D eigenvalue weighted by atomic mass is 9.48. The molecule has 5 nitrogen and oxygen atoms in total. The van der Waals surface area contributed by atoms with E-state index in [0.717, 1.165) is 56.8 Å². The zero-order valence-electron chi connectivity index (χ0n) is 18.2. The highest BCUT2D eigenvalue weighted by Crippen LogP contribution is 2.65. The number of nitrogens with zero attached hydrogens (tertiary/aromatic N) is 1. The molecule has 1 saturated heterocycles. The Morgan fingerprint density at radius 2 is 2.07 bits per heavy atom. The number of hydrogen-bond donors (Lipinski definition) is 3. The number of aliphatic hydroxyl groups is 1. The molecule has 2 aliphatic heterocycles. The highest BCUT2D eigenvalue weighted by molar-refractivity contribution is 5.62. The number of phenolic OH excluding ortho intramolecular Hbond substituents is 1. The third-order valence-electron chi connectivity index (χ3n) is 8.95. The fraction of sp³-hybridized carbons (Fsp3) is 0.760. The number of phenols is 1. The minimum atomic E-state index is -0.765. The topological polar surface area (TPSA) is 65.0 Å². The van der Waals surface area contributed by atoms with Gasteiger partial charge in [-0.2, -0.15) is 0 Å². The number of nitrogens with one attached hydrogen (secondary N) is 1. The van der Waals surface area contributed by atoms with Crippen LogP contribution in [0.1, 0.15) is 69.4 Å². The maximum absolute atomic E-state index is 12.4. The van der Waals surface area contributed by atoms with Crippen molar-refractivity contribution in [3.63, 3.8) is 0 Å². The van der Waals surface area contributed by atoms with Crippen LogP contribution in [-0.4, -0.2) is 58.5 Å². The Hall–Kier alpha value is -1.30. The Morgan fingerprint density at radius 3 is 2.87 bits per heavy atom. The molecule has 5 atom stereocenters. The normalized spacial score (nSPS) is 38.9. The van der Waals surface area contributed by atoms with E-state index in [2.05, 4.69) is 23.2 Å². The summed E-state index contributed by atoms with van der Waals surface area (Å²) in [6.45, 7) is 5.39. The molecule has 2 saturated carbocycles. The predicted octanol–water partition coefficient (Wildman–Crippen LogP) is 3.10. The average molecular weight is 413 g/mol. The fourth-order valence-corrected chi connectivity index (χ4v) is 7.35. The maximum atomic E-state index is 12.4. The van der Waals surface area contributed by atoms with E-state index in [9.17, 15) is 10.2 Å². The predicted molar refractivity (Wildman–Crippen MR) is 116 cm³/mol. The number of piperidine rings is 1. The van der Waals surface area contributed by atoms with Crippen molar-refractivity contribution in [1.29, 1.82) is 0 Å². The molecule has 1 aromatic carbocycles. The zero-order valence-corrected chi connectivity index (χ0v) is 18.2. The van der Waals surface area contributed by atoms with E-state index in [1.807, 2.05) is 0 Å². The second-order valence-corrected chi connectivity index (χ2v) is 10.6. The standard InChI is InChI=1S/C25H36N2O3/c1-2-3-4-12-26-18-9-10-25(29)20-14-17-7-8-19(28)22-21(17)24(25,23(18)30-22)11-13-27(20)15-16-5-6-16/h7-8,16,18,20,23,26,28-29H,2-6,9-15H2,1H3/t18?,20-,23?,24+,25-/m1/s1. The molecule has 6 rings (SSSR count). The monoisotopic (exact) mass is 412 g/mol. The van der Waals surface area contributed by atoms with Crippen molar-refractivity contribution in [3.05, 3.63) is 23.3 Å². The van der Waals surface area contributed by atoms with Crippen molar-refractivity contribution < 1.29 is 14.9 Å². The zero-order chi connectivity index (χ0) is 20.5. The van der Waals surface area contributed by atoms with E-state index in [-0.39, 0.29) is 29.4 Å². The van der Waals surface area contributed by atoms with E-state index in [1.165, 1.54) is 37.7 Å². The molecule has 1 spiro atoms. The van der Waals surface area contributed by atoms with Gasteiger partial charge < -0.3 is 20.3 Å². The number of hydrogen-bond acceptors (Lipinski definition) is 5. The Bertz CT molecular complexity index is 840. The van der Waals surface area contributed by atoms with Crippen LogP contribution < -0.4 is 10.1 Å². The number of benzene rings is 1. The van der Waals surface area contributed by atoms with Crippen LogP contribution in [0.15, 0.2) is 12.1 Å². The summed E-state index contributed by atoms with van der Waals surface area (Å²) in [6.07, 6.45) is 9.79. The van der Waals surface area contributed by atoms with Crippen molar-refractivity contribution >= 4 is 0 Å². The van der Waals surface area contributed by atoms with Crippen LogP contribution in [0.3, 0.4) is 0 Å². The largest absolute Gasteiger partial charge is 0.504 e. The van der Waals surface area contributed by atoms with Crippen LogP contribution >= 0.6 is 0 Å². The van der Waals surface area contributed by atoms with Crippen molar-refractivity contribution in [3.8, 4) is 11.5 Å². The highest BCUT2D eigenvalue weighted by Gasteiger charge is 2.72. The molecule has 5 aliphatic rings. The van der Waals surface area contributed by atoms with Gasteiger partial charge >= 0.3 is 0 Å². The lowest BCUT2D eigenvalue weighted by Gasteiger charge is -2.64. The van der Waals surface area contributed by atoms with E-state index < -0.39 is 5.60 Å². The van der Waals surface area contributed by atoms with E-state index in [0.29, 0.717) is 5.75 Å². The van der Waals surface area contributed by atoms with Crippen molar-refractivity contribution in [2.75, 3.05) is 19.6 Å². The lowest BCUT2D eigenvalue weighted by Crippen LogP contribution is -2.78. The number of ether oxygens (including phenoxy) is 1. The molecule has 3 N–H and O–H groups in total. The van der Waals surface area contributed by atoms with Gasteiger partial charge in [0.2, 0.25) is 0 Å². The molecule has 164 valence electrons. The molecule has 3 fully saturated rings. The van der Waals surface area contributed by atoms with Gasteiger partial charge in [0.25, 0.3) is 0 Å².